The van der Waals surface area contributed by atoms with Gasteiger partial charge in [-0.3, -0.25) is 4.79 Å². The second kappa shape index (κ2) is 4.00. The summed E-state index contributed by atoms with van der Waals surface area (Å²) in [5, 5.41) is 11.9. The summed E-state index contributed by atoms with van der Waals surface area (Å²) in [6.07, 6.45) is 5.63. The van der Waals surface area contributed by atoms with Crippen LogP contribution in [0.1, 0.15) is 45.4 Å². The number of aliphatic hydroxyl groups is 1. The Morgan fingerprint density at radius 2 is 1.81 bits per heavy atom. The summed E-state index contributed by atoms with van der Waals surface area (Å²) >= 11 is 0. The molecule has 3 rings (SSSR count). The molecular weight excluding hydrogens is 204 g/mol. The van der Waals surface area contributed by atoms with Gasteiger partial charge in [-0.2, -0.15) is 0 Å². The summed E-state index contributed by atoms with van der Waals surface area (Å²) in [5.41, 5.74) is 6.03. The van der Waals surface area contributed by atoms with Crippen LogP contribution in [0.25, 0.3) is 0 Å². The Morgan fingerprint density at radius 3 is 2.25 bits per heavy atom. The van der Waals surface area contributed by atoms with Gasteiger partial charge in [0.2, 0.25) is 5.91 Å². The average molecular weight is 226 g/mol. The van der Waals surface area contributed by atoms with Gasteiger partial charge in [0, 0.05) is 17.0 Å². The molecule has 4 N–H and O–H groups in total. The van der Waals surface area contributed by atoms with Crippen LogP contribution in [0.15, 0.2) is 0 Å². The second-order valence-electron chi connectivity index (χ2n) is 5.70. The highest BCUT2D eigenvalue weighted by Crippen LogP contribution is 2.51. The summed E-state index contributed by atoms with van der Waals surface area (Å²) in [5.74, 6) is 0.121. The Kier molecular flexibility index (Phi) is 2.97. The first-order valence-electron chi connectivity index (χ1n) is 6.20. The predicted octanol–water partition coefficient (Wildman–Crippen LogP) is 0.535. The van der Waals surface area contributed by atoms with Crippen LogP contribution in [0.3, 0.4) is 0 Å². The minimum atomic E-state index is -0.190. The van der Waals surface area contributed by atoms with Crippen molar-refractivity contribution in [2.45, 2.75) is 57.0 Å². The molecule has 0 aromatic rings. The third kappa shape index (κ3) is 1.96. The Morgan fingerprint density at radius 1 is 1.31 bits per heavy atom. The van der Waals surface area contributed by atoms with Gasteiger partial charge >= 0.3 is 0 Å². The Bertz CT molecular complexity index is 266. The lowest BCUT2D eigenvalue weighted by molar-refractivity contribution is -0.138. The fourth-order valence-electron chi connectivity index (χ4n) is 2.98. The van der Waals surface area contributed by atoms with Gasteiger partial charge in [-0.25, -0.2) is 0 Å². The zero-order valence-electron chi connectivity index (χ0n) is 9.96. The normalized spacial score (nSPS) is 39.4. The van der Waals surface area contributed by atoms with Gasteiger partial charge < -0.3 is 16.2 Å². The van der Waals surface area contributed by atoms with Crippen LogP contribution in [-0.4, -0.2) is 29.2 Å². The van der Waals surface area contributed by atoms with E-state index >= 15 is 0 Å². The number of fused-ring (bicyclic) bond motifs is 3. The molecule has 3 saturated carbocycles. The molecule has 0 aromatic carbocycles. The van der Waals surface area contributed by atoms with E-state index in [0.717, 1.165) is 38.5 Å². The lowest BCUT2D eigenvalue weighted by Crippen LogP contribution is -2.57. The van der Waals surface area contributed by atoms with Crippen LogP contribution < -0.4 is 11.1 Å². The fraction of sp³-hybridized carbons (Fsp3) is 0.917. The first kappa shape index (κ1) is 11.9. The molecule has 3 fully saturated rings. The van der Waals surface area contributed by atoms with Crippen molar-refractivity contribution in [3.05, 3.63) is 0 Å². The first-order chi connectivity index (χ1) is 7.50. The smallest absolute Gasteiger partial charge is 0.226 e. The molecule has 3 aliphatic carbocycles. The van der Waals surface area contributed by atoms with E-state index in [1.54, 1.807) is 0 Å². The lowest BCUT2D eigenvalue weighted by atomic mass is 9.57. The summed E-state index contributed by atoms with van der Waals surface area (Å²) in [4.78, 5) is 12.2. The standard InChI is InChI=1S/C12H22N2O2/c1-9(8-15)14-10(16)11-2-5-12(13,6-3-11)7-4-11/h9,15H,2-8,13H2,1H3,(H,14,16). The summed E-state index contributed by atoms with van der Waals surface area (Å²) in [6.45, 7) is 1.83. The van der Waals surface area contributed by atoms with Crippen molar-refractivity contribution in [3.8, 4) is 0 Å². The molecule has 4 nitrogen and oxygen atoms in total. The SMILES string of the molecule is CC(CO)NC(=O)C12CCC(N)(CC1)CC2. The maximum Gasteiger partial charge on any atom is 0.226 e. The summed E-state index contributed by atoms with van der Waals surface area (Å²) < 4.78 is 0. The number of aliphatic hydroxyl groups excluding tert-OH is 1. The molecule has 0 spiro atoms. The minimum Gasteiger partial charge on any atom is -0.394 e. The van der Waals surface area contributed by atoms with Gasteiger partial charge in [0.1, 0.15) is 0 Å². The van der Waals surface area contributed by atoms with E-state index in [0.29, 0.717) is 0 Å². The molecule has 3 aliphatic rings. The molecule has 1 amide bonds. The maximum atomic E-state index is 12.2. The zero-order valence-corrected chi connectivity index (χ0v) is 9.96. The molecule has 1 atom stereocenters. The van der Waals surface area contributed by atoms with Crippen LogP contribution in [0.4, 0.5) is 0 Å². The topological polar surface area (TPSA) is 75.3 Å². The molecular formula is C12H22N2O2. The molecule has 0 aliphatic heterocycles. The van der Waals surface area contributed by atoms with Crippen molar-refractivity contribution in [2.75, 3.05) is 6.61 Å². The van der Waals surface area contributed by atoms with Crippen molar-refractivity contribution in [2.24, 2.45) is 11.1 Å². The Balaban J connectivity index is 2.01. The van der Waals surface area contributed by atoms with Crippen molar-refractivity contribution < 1.29 is 9.90 Å². The number of hydrogen-bond donors (Lipinski definition) is 3. The van der Waals surface area contributed by atoms with Crippen LogP contribution in [-0.2, 0) is 4.79 Å². The van der Waals surface area contributed by atoms with Crippen LogP contribution in [0.5, 0.6) is 0 Å². The number of nitrogens with two attached hydrogens (primary N) is 1. The van der Waals surface area contributed by atoms with E-state index in [1.165, 1.54) is 0 Å². The van der Waals surface area contributed by atoms with Crippen molar-refractivity contribution >= 4 is 5.91 Å². The van der Waals surface area contributed by atoms with E-state index in [2.05, 4.69) is 5.32 Å². The van der Waals surface area contributed by atoms with Crippen molar-refractivity contribution in [1.29, 1.82) is 0 Å². The monoisotopic (exact) mass is 226 g/mol. The largest absolute Gasteiger partial charge is 0.394 e. The molecule has 0 radical (unpaired) electrons. The van der Waals surface area contributed by atoms with Gasteiger partial charge in [0.25, 0.3) is 0 Å². The molecule has 1 unspecified atom stereocenters. The number of carbonyl (C=O) groups is 1. The van der Waals surface area contributed by atoms with E-state index in [4.69, 9.17) is 10.8 Å². The van der Waals surface area contributed by atoms with E-state index < -0.39 is 0 Å². The molecule has 92 valence electrons. The summed E-state index contributed by atoms with van der Waals surface area (Å²) in [7, 11) is 0. The number of carbonyl (C=O) groups excluding carboxylic acids is 1. The third-order valence-electron chi connectivity index (χ3n) is 4.44. The zero-order chi connectivity index (χ0) is 11.8. The predicted molar refractivity (Wildman–Crippen MR) is 61.7 cm³/mol. The van der Waals surface area contributed by atoms with E-state index in [9.17, 15) is 4.79 Å². The highest BCUT2D eigenvalue weighted by atomic mass is 16.3. The Hall–Kier alpha value is -0.610. The molecule has 0 heterocycles. The number of hydrogen-bond acceptors (Lipinski definition) is 3. The van der Waals surface area contributed by atoms with Gasteiger partial charge in [-0.15, -0.1) is 0 Å². The fourth-order valence-corrected chi connectivity index (χ4v) is 2.98. The van der Waals surface area contributed by atoms with Gasteiger partial charge in [0.15, 0.2) is 0 Å². The quantitative estimate of drug-likeness (QED) is 0.657. The third-order valence-corrected chi connectivity index (χ3v) is 4.44. The number of nitrogens with one attached hydrogen (secondary N) is 1. The van der Waals surface area contributed by atoms with Crippen LogP contribution in [0.2, 0.25) is 0 Å². The van der Waals surface area contributed by atoms with Gasteiger partial charge in [-0.05, 0) is 45.4 Å². The molecule has 2 bridgehead atoms. The highest BCUT2D eigenvalue weighted by molar-refractivity contribution is 5.83. The van der Waals surface area contributed by atoms with E-state index in [1.807, 2.05) is 6.92 Å². The van der Waals surface area contributed by atoms with E-state index in [-0.39, 0.29) is 29.5 Å². The Labute approximate surface area is 96.6 Å². The van der Waals surface area contributed by atoms with Gasteiger partial charge in [0.05, 0.1) is 6.61 Å². The van der Waals surface area contributed by atoms with Crippen molar-refractivity contribution in [1.82, 2.24) is 5.32 Å². The number of rotatable bonds is 3. The minimum absolute atomic E-state index is 0.00263. The lowest BCUT2D eigenvalue weighted by Gasteiger charge is -2.50. The molecule has 0 saturated heterocycles. The molecule has 4 heteroatoms. The maximum absolute atomic E-state index is 12.2. The van der Waals surface area contributed by atoms with Crippen molar-refractivity contribution in [3.63, 3.8) is 0 Å². The first-order valence-corrected chi connectivity index (χ1v) is 6.20. The number of amides is 1. The van der Waals surface area contributed by atoms with Crippen LogP contribution in [0, 0.1) is 5.41 Å². The molecule has 0 aromatic heterocycles. The van der Waals surface area contributed by atoms with Crippen LogP contribution >= 0.6 is 0 Å². The summed E-state index contributed by atoms with van der Waals surface area (Å²) in [6, 6.07) is -0.145. The average Bonchev–Trinajstić information content (AvgIpc) is 2.30. The molecule has 16 heavy (non-hydrogen) atoms. The van der Waals surface area contributed by atoms with Gasteiger partial charge in [-0.1, -0.05) is 0 Å². The highest BCUT2D eigenvalue weighted by Gasteiger charge is 2.50. The second-order valence-corrected chi connectivity index (χ2v) is 5.70.